The van der Waals surface area contributed by atoms with Gasteiger partial charge in [0.1, 0.15) is 5.75 Å². The molecule has 0 spiro atoms. The molecule has 0 amide bonds. The first-order chi connectivity index (χ1) is 9.60. The number of aliphatic hydroxyl groups is 1. The Kier molecular flexibility index (Phi) is 5.40. The van der Waals surface area contributed by atoms with Crippen LogP contribution in [0.4, 0.5) is 0 Å². The number of benzene rings is 1. The van der Waals surface area contributed by atoms with Gasteiger partial charge in [-0.1, -0.05) is 12.1 Å². The monoisotopic (exact) mass is 278 g/mol. The summed E-state index contributed by atoms with van der Waals surface area (Å²) in [5.41, 5.74) is 0.930. The molecule has 4 heteroatoms. The highest BCUT2D eigenvalue weighted by molar-refractivity contribution is 5.29. The second kappa shape index (κ2) is 7.07. The number of methoxy groups -OCH3 is 1. The number of rotatable bonds is 5. The largest absolute Gasteiger partial charge is 0.497 e. The Labute approximate surface area is 122 Å². The maximum Gasteiger partial charge on any atom is 0.119 e. The molecule has 1 heterocycles. The molecule has 1 aliphatic rings. The lowest BCUT2D eigenvalue weighted by atomic mass is 10.0. The molecular weight excluding hydrogens is 252 g/mol. The van der Waals surface area contributed by atoms with Crippen molar-refractivity contribution in [2.75, 3.05) is 40.8 Å². The summed E-state index contributed by atoms with van der Waals surface area (Å²) >= 11 is 0. The first kappa shape index (κ1) is 15.3. The summed E-state index contributed by atoms with van der Waals surface area (Å²) in [5.74, 6) is 0.799. The van der Waals surface area contributed by atoms with E-state index in [1.54, 1.807) is 7.11 Å². The number of piperidine rings is 1. The van der Waals surface area contributed by atoms with Crippen LogP contribution < -0.4 is 4.74 Å². The minimum absolute atomic E-state index is 0.444. The second-order valence-electron chi connectivity index (χ2n) is 5.79. The van der Waals surface area contributed by atoms with Crippen LogP contribution in [0.1, 0.15) is 24.5 Å². The third-order valence-electron chi connectivity index (χ3n) is 4.20. The maximum absolute atomic E-state index is 10.4. The van der Waals surface area contributed by atoms with Crippen LogP contribution in [0, 0.1) is 0 Å². The normalized spacial score (nSPS) is 19.2. The molecule has 112 valence electrons. The van der Waals surface area contributed by atoms with Gasteiger partial charge in [0.15, 0.2) is 0 Å². The van der Waals surface area contributed by atoms with Gasteiger partial charge < -0.3 is 19.6 Å². The van der Waals surface area contributed by atoms with Crippen LogP contribution >= 0.6 is 0 Å². The van der Waals surface area contributed by atoms with Crippen molar-refractivity contribution in [1.82, 2.24) is 9.80 Å². The van der Waals surface area contributed by atoms with Gasteiger partial charge in [0.25, 0.3) is 0 Å². The number of aliphatic hydroxyl groups excluding tert-OH is 1. The maximum atomic E-state index is 10.4. The number of hydrogen-bond donors (Lipinski definition) is 1. The number of hydrogen-bond acceptors (Lipinski definition) is 4. The van der Waals surface area contributed by atoms with Gasteiger partial charge in [-0.25, -0.2) is 0 Å². The average molecular weight is 278 g/mol. The average Bonchev–Trinajstić information content (AvgIpc) is 2.47. The van der Waals surface area contributed by atoms with E-state index in [-0.39, 0.29) is 0 Å². The van der Waals surface area contributed by atoms with Crippen LogP contribution in [0.2, 0.25) is 0 Å². The SMILES string of the molecule is COc1cccc(C(O)CN2CCC(N(C)C)CC2)c1. The lowest BCUT2D eigenvalue weighted by molar-refractivity contribution is 0.0797. The Balaban J connectivity index is 1.87. The molecule has 20 heavy (non-hydrogen) atoms. The van der Waals surface area contributed by atoms with Crippen LogP contribution in [0.3, 0.4) is 0 Å². The Hall–Kier alpha value is -1.10. The Morgan fingerprint density at radius 3 is 2.65 bits per heavy atom. The van der Waals surface area contributed by atoms with Crippen LogP contribution in [-0.2, 0) is 0 Å². The molecule has 1 aromatic carbocycles. The lowest BCUT2D eigenvalue weighted by Crippen LogP contribution is -2.43. The van der Waals surface area contributed by atoms with Crippen molar-refractivity contribution < 1.29 is 9.84 Å². The van der Waals surface area contributed by atoms with Crippen LogP contribution in [0.15, 0.2) is 24.3 Å². The molecule has 0 bridgehead atoms. The fraction of sp³-hybridized carbons (Fsp3) is 0.625. The molecule has 0 radical (unpaired) electrons. The minimum Gasteiger partial charge on any atom is -0.497 e. The third-order valence-corrected chi connectivity index (χ3v) is 4.20. The van der Waals surface area contributed by atoms with Crippen molar-refractivity contribution in [3.8, 4) is 5.75 Å². The molecule has 4 nitrogen and oxygen atoms in total. The summed E-state index contributed by atoms with van der Waals surface area (Å²) in [6, 6.07) is 8.38. The molecule has 0 aliphatic carbocycles. The fourth-order valence-electron chi connectivity index (χ4n) is 2.82. The van der Waals surface area contributed by atoms with E-state index < -0.39 is 6.10 Å². The molecule has 1 aliphatic heterocycles. The summed E-state index contributed by atoms with van der Waals surface area (Å²) < 4.78 is 5.21. The minimum atomic E-state index is -0.444. The van der Waals surface area contributed by atoms with Crippen LogP contribution in [0.5, 0.6) is 5.75 Å². The second-order valence-corrected chi connectivity index (χ2v) is 5.79. The molecule has 0 aromatic heterocycles. The summed E-state index contributed by atoms with van der Waals surface area (Å²) in [6.07, 6.45) is 1.91. The van der Waals surface area contributed by atoms with Crippen molar-refractivity contribution in [3.05, 3.63) is 29.8 Å². The first-order valence-electron chi connectivity index (χ1n) is 7.31. The zero-order valence-corrected chi connectivity index (χ0v) is 12.7. The topological polar surface area (TPSA) is 35.9 Å². The third kappa shape index (κ3) is 3.95. The molecule has 1 fully saturated rings. The Morgan fingerprint density at radius 1 is 1.35 bits per heavy atom. The van der Waals surface area contributed by atoms with Gasteiger partial charge >= 0.3 is 0 Å². The van der Waals surface area contributed by atoms with Crippen molar-refractivity contribution in [1.29, 1.82) is 0 Å². The molecule has 2 rings (SSSR count). The van der Waals surface area contributed by atoms with E-state index >= 15 is 0 Å². The standard InChI is InChI=1S/C16H26N2O2/c1-17(2)14-7-9-18(10-8-14)12-16(19)13-5-4-6-15(11-13)20-3/h4-6,11,14,16,19H,7-10,12H2,1-3H3. The highest BCUT2D eigenvalue weighted by Crippen LogP contribution is 2.22. The quantitative estimate of drug-likeness (QED) is 0.890. The van der Waals surface area contributed by atoms with E-state index in [0.29, 0.717) is 12.6 Å². The van der Waals surface area contributed by atoms with E-state index in [1.165, 1.54) is 12.8 Å². The van der Waals surface area contributed by atoms with Crippen LogP contribution in [0.25, 0.3) is 0 Å². The number of nitrogens with zero attached hydrogens (tertiary/aromatic N) is 2. The van der Waals surface area contributed by atoms with Gasteiger partial charge in [-0.05, 0) is 57.7 Å². The van der Waals surface area contributed by atoms with E-state index in [9.17, 15) is 5.11 Å². The molecular formula is C16H26N2O2. The Bertz CT molecular complexity index is 415. The van der Waals surface area contributed by atoms with E-state index in [2.05, 4.69) is 23.9 Å². The highest BCUT2D eigenvalue weighted by atomic mass is 16.5. The van der Waals surface area contributed by atoms with E-state index in [4.69, 9.17) is 4.74 Å². The predicted molar refractivity (Wildman–Crippen MR) is 81.1 cm³/mol. The van der Waals surface area contributed by atoms with Crippen molar-refractivity contribution in [2.24, 2.45) is 0 Å². The summed E-state index contributed by atoms with van der Waals surface area (Å²) in [4.78, 5) is 4.65. The first-order valence-corrected chi connectivity index (χ1v) is 7.31. The number of β-amino-alcohol motifs (C(OH)–C–C–N with tert-alkyl or cyclic N) is 1. The van der Waals surface area contributed by atoms with E-state index in [1.807, 2.05) is 24.3 Å². The molecule has 1 unspecified atom stereocenters. The molecule has 1 saturated heterocycles. The Morgan fingerprint density at radius 2 is 2.05 bits per heavy atom. The van der Waals surface area contributed by atoms with Crippen molar-refractivity contribution in [2.45, 2.75) is 25.0 Å². The molecule has 0 saturated carbocycles. The smallest absolute Gasteiger partial charge is 0.119 e. The van der Waals surface area contributed by atoms with Gasteiger partial charge in [0.2, 0.25) is 0 Å². The van der Waals surface area contributed by atoms with Crippen molar-refractivity contribution >= 4 is 0 Å². The number of likely N-dealkylation sites (tertiary alicyclic amines) is 1. The predicted octanol–water partition coefficient (Wildman–Crippen LogP) is 1.75. The zero-order chi connectivity index (χ0) is 14.5. The molecule has 1 aromatic rings. The summed E-state index contributed by atoms with van der Waals surface area (Å²) in [5, 5.41) is 10.4. The highest BCUT2D eigenvalue weighted by Gasteiger charge is 2.22. The van der Waals surface area contributed by atoms with Crippen LogP contribution in [-0.4, -0.2) is 61.8 Å². The fourth-order valence-corrected chi connectivity index (χ4v) is 2.82. The number of ether oxygens (including phenoxy) is 1. The van der Waals surface area contributed by atoms with Gasteiger partial charge in [-0.2, -0.15) is 0 Å². The molecule has 1 atom stereocenters. The van der Waals surface area contributed by atoms with E-state index in [0.717, 1.165) is 24.4 Å². The van der Waals surface area contributed by atoms with Crippen molar-refractivity contribution in [3.63, 3.8) is 0 Å². The lowest BCUT2D eigenvalue weighted by Gasteiger charge is -2.36. The summed E-state index contributed by atoms with van der Waals surface area (Å²) in [7, 11) is 5.94. The zero-order valence-electron chi connectivity index (χ0n) is 12.7. The van der Waals surface area contributed by atoms with Gasteiger partial charge in [0, 0.05) is 12.6 Å². The molecule has 1 N–H and O–H groups in total. The van der Waals surface area contributed by atoms with Gasteiger partial charge in [0.05, 0.1) is 13.2 Å². The summed E-state index contributed by atoms with van der Waals surface area (Å²) in [6.45, 7) is 2.82. The van der Waals surface area contributed by atoms with Gasteiger partial charge in [-0.15, -0.1) is 0 Å². The van der Waals surface area contributed by atoms with Gasteiger partial charge in [-0.3, -0.25) is 0 Å².